The van der Waals surface area contributed by atoms with Crippen molar-refractivity contribution in [2.45, 2.75) is 32.2 Å². The van der Waals surface area contributed by atoms with Crippen LogP contribution in [0.15, 0.2) is 18.2 Å². The third kappa shape index (κ3) is 1.64. The number of rotatable bonds is 4. The minimum absolute atomic E-state index is 0.236. The molecule has 98 valence electrons. The normalized spacial score (nSPS) is 20.6. The third-order valence-corrected chi connectivity index (χ3v) is 4.58. The van der Waals surface area contributed by atoms with Crippen LogP contribution < -0.4 is 0 Å². The van der Waals surface area contributed by atoms with Crippen LogP contribution in [0.1, 0.15) is 36.0 Å². The monoisotopic (exact) mass is 257 g/mol. The Balaban J connectivity index is 1.75. The van der Waals surface area contributed by atoms with Crippen LogP contribution in [-0.4, -0.2) is 26.1 Å². The molecule has 2 aromatic rings. The number of hydrogen-bond acceptors (Lipinski definition) is 3. The predicted molar refractivity (Wildman–Crippen MR) is 68.9 cm³/mol. The molecule has 5 heteroatoms. The Morgan fingerprint density at radius 2 is 2.21 bits per heavy atom. The van der Waals surface area contributed by atoms with Crippen molar-refractivity contribution >= 4 is 17.0 Å². The average Bonchev–Trinajstić information content (AvgIpc) is 3.28. The highest BCUT2D eigenvalue weighted by atomic mass is 16.4. The zero-order chi connectivity index (χ0) is 13.0. The standard InChI is InChI=1S/C14H15N3O2/c18-13(19)10-2-1-3-11-12(10)15-16-17(11)8-14(6-7-14)9-4-5-9/h1-3,9H,4-8H2,(H,18,19). The number of aromatic nitrogens is 3. The van der Waals surface area contributed by atoms with Gasteiger partial charge in [-0.25, -0.2) is 9.48 Å². The van der Waals surface area contributed by atoms with Gasteiger partial charge >= 0.3 is 5.97 Å². The van der Waals surface area contributed by atoms with Gasteiger partial charge in [-0.15, -0.1) is 5.10 Å². The Labute approximate surface area is 110 Å². The van der Waals surface area contributed by atoms with Crippen molar-refractivity contribution in [1.82, 2.24) is 15.0 Å². The number of nitrogens with zero attached hydrogens (tertiary/aromatic N) is 3. The minimum atomic E-state index is -0.944. The molecule has 0 radical (unpaired) electrons. The van der Waals surface area contributed by atoms with Gasteiger partial charge < -0.3 is 5.11 Å². The number of benzene rings is 1. The second kappa shape index (κ2) is 3.56. The molecular formula is C14H15N3O2. The van der Waals surface area contributed by atoms with Gasteiger partial charge in [0.2, 0.25) is 0 Å². The molecule has 4 rings (SSSR count). The Kier molecular flexibility index (Phi) is 2.05. The SMILES string of the molecule is O=C(O)c1cccc2c1nnn2CC1(C2CC2)CC1. The summed E-state index contributed by atoms with van der Waals surface area (Å²) < 4.78 is 1.90. The quantitative estimate of drug-likeness (QED) is 0.912. The van der Waals surface area contributed by atoms with E-state index in [2.05, 4.69) is 10.3 Å². The lowest BCUT2D eigenvalue weighted by Crippen LogP contribution is -2.15. The first-order valence-corrected chi connectivity index (χ1v) is 6.75. The summed E-state index contributed by atoms with van der Waals surface area (Å²) in [6.07, 6.45) is 5.23. The van der Waals surface area contributed by atoms with Gasteiger partial charge in [0.05, 0.1) is 11.1 Å². The lowest BCUT2D eigenvalue weighted by Gasteiger charge is -2.13. The van der Waals surface area contributed by atoms with Crippen molar-refractivity contribution in [1.29, 1.82) is 0 Å². The van der Waals surface area contributed by atoms with Gasteiger partial charge in [0.25, 0.3) is 0 Å². The molecule has 0 aliphatic heterocycles. The summed E-state index contributed by atoms with van der Waals surface area (Å²) in [5, 5.41) is 17.4. The summed E-state index contributed by atoms with van der Waals surface area (Å²) in [6, 6.07) is 5.25. The van der Waals surface area contributed by atoms with E-state index in [0.29, 0.717) is 10.9 Å². The van der Waals surface area contributed by atoms with Gasteiger partial charge in [-0.2, -0.15) is 0 Å². The second-order valence-corrected chi connectivity index (χ2v) is 5.86. The summed E-state index contributed by atoms with van der Waals surface area (Å²) in [4.78, 5) is 11.2. The Bertz CT molecular complexity index is 668. The van der Waals surface area contributed by atoms with E-state index in [4.69, 9.17) is 5.11 Å². The molecule has 0 unspecified atom stereocenters. The summed E-state index contributed by atoms with van der Waals surface area (Å²) in [6.45, 7) is 0.886. The van der Waals surface area contributed by atoms with Crippen molar-refractivity contribution in [2.75, 3.05) is 0 Å². The number of fused-ring (bicyclic) bond motifs is 1. The molecule has 2 fully saturated rings. The summed E-state index contributed by atoms with van der Waals surface area (Å²) in [5.74, 6) is -0.0876. The Morgan fingerprint density at radius 1 is 1.42 bits per heavy atom. The first-order valence-electron chi connectivity index (χ1n) is 6.75. The zero-order valence-corrected chi connectivity index (χ0v) is 10.5. The number of carbonyl (C=O) groups is 1. The van der Waals surface area contributed by atoms with E-state index in [-0.39, 0.29) is 5.56 Å². The van der Waals surface area contributed by atoms with Crippen LogP contribution in [0.3, 0.4) is 0 Å². The maximum Gasteiger partial charge on any atom is 0.338 e. The molecule has 1 aromatic carbocycles. The predicted octanol–water partition coefficient (Wildman–Crippen LogP) is 2.32. The highest BCUT2D eigenvalue weighted by Gasteiger charge is 2.54. The molecule has 0 saturated heterocycles. The van der Waals surface area contributed by atoms with Gasteiger partial charge in [0.1, 0.15) is 5.52 Å². The van der Waals surface area contributed by atoms with Crippen LogP contribution in [-0.2, 0) is 6.54 Å². The average molecular weight is 257 g/mol. The molecule has 1 aromatic heterocycles. The third-order valence-electron chi connectivity index (χ3n) is 4.58. The van der Waals surface area contributed by atoms with Crippen molar-refractivity contribution in [3.63, 3.8) is 0 Å². The van der Waals surface area contributed by atoms with Crippen molar-refractivity contribution in [3.05, 3.63) is 23.8 Å². The van der Waals surface area contributed by atoms with Gasteiger partial charge in [-0.1, -0.05) is 11.3 Å². The maximum absolute atomic E-state index is 11.2. The zero-order valence-electron chi connectivity index (χ0n) is 10.5. The van der Waals surface area contributed by atoms with Crippen LogP contribution in [0.4, 0.5) is 0 Å². The first-order chi connectivity index (χ1) is 9.20. The molecule has 5 nitrogen and oxygen atoms in total. The lowest BCUT2D eigenvalue weighted by molar-refractivity contribution is 0.0699. The molecule has 19 heavy (non-hydrogen) atoms. The van der Waals surface area contributed by atoms with Crippen LogP contribution in [0.5, 0.6) is 0 Å². The largest absolute Gasteiger partial charge is 0.478 e. The molecular weight excluding hydrogens is 242 g/mol. The van der Waals surface area contributed by atoms with Crippen LogP contribution in [0.25, 0.3) is 11.0 Å². The highest BCUT2D eigenvalue weighted by Crippen LogP contribution is 2.62. The lowest BCUT2D eigenvalue weighted by atomic mass is 10.0. The number of aromatic carboxylic acids is 1. The van der Waals surface area contributed by atoms with E-state index in [1.165, 1.54) is 25.7 Å². The molecule has 2 aliphatic rings. The summed E-state index contributed by atoms with van der Waals surface area (Å²) >= 11 is 0. The van der Waals surface area contributed by atoms with Gasteiger partial charge in [-0.05, 0) is 49.1 Å². The fourth-order valence-corrected chi connectivity index (χ4v) is 3.13. The van der Waals surface area contributed by atoms with E-state index >= 15 is 0 Å². The molecule has 2 aliphatic carbocycles. The summed E-state index contributed by atoms with van der Waals surface area (Å²) in [5.41, 5.74) is 2.01. The first kappa shape index (κ1) is 11.0. The number of hydrogen-bond donors (Lipinski definition) is 1. The number of carboxylic acids is 1. The van der Waals surface area contributed by atoms with Gasteiger partial charge in [0.15, 0.2) is 0 Å². The van der Waals surface area contributed by atoms with E-state index in [1.807, 2.05) is 10.7 Å². The van der Waals surface area contributed by atoms with E-state index < -0.39 is 5.97 Å². The molecule has 0 spiro atoms. The molecule has 0 atom stereocenters. The fourth-order valence-electron chi connectivity index (χ4n) is 3.13. The van der Waals surface area contributed by atoms with Crippen molar-refractivity contribution in [2.24, 2.45) is 11.3 Å². The maximum atomic E-state index is 11.2. The molecule has 0 bridgehead atoms. The molecule has 2 saturated carbocycles. The highest BCUT2D eigenvalue weighted by molar-refractivity contribution is 6.00. The summed E-state index contributed by atoms with van der Waals surface area (Å²) in [7, 11) is 0. The molecule has 1 heterocycles. The fraction of sp³-hybridized carbons (Fsp3) is 0.500. The van der Waals surface area contributed by atoms with Crippen molar-refractivity contribution in [3.8, 4) is 0 Å². The second-order valence-electron chi connectivity index (χ2n) is 5.86. The van der Waals surface area contributed by atoms with E-state index in [0.717, 1.165) is 18.0 Å². The van der Waals surface area contributed by atoms with E-state index in [1.54, 1.807) is 12.1 Å². The van der Waals surface area contributed by atoms with Gasteiger partial charge in [-0.3, -0.25) is 0 Å². The van der Waals surface area contributed by atoms with Crippen LogP contribution in [0, 0.1) is 11.3 Å². The topological polar surface area (TPSA) is 68.0 Å². The Hall–Kier alpha value is -1.91. The van der Waals surface area contributed by atoms with Crippen LogP contribution >= 0.6 is 0 Å². The molecule has 0 amide bonds. The molecule has 1 N–H and O–H groups in total. The smallest absolute Gasteiger partial charge is 0.338 e. The number of carboxylic acid groups (broad SMARTS) is 1. The van der Waals surface area contributed by atoms with E-state index in [9.17, 15) is 4.79 Å². The van der Waals surface area contributed by atoms with Crippen LogP contribution in [0.2, 0.25) is 0 Å². The van der Waals surface area contributed by atoms with Gasteiger partial charge in [0, 0.05) is 6.54 Å². The minimum Gasteiger partial charge on any atom is -0.478 e. The van der Waals surface area contributed by atoms with Crippen molar-refractivity contribution < 1.29 is 9.90 Å². The Morgan fingerprint density at radius 3 is 2.84 bits per heavy atom.